The molecule has 0 saturated carbocycles. The molecule has 2 aliphatic heterocycles. The quantitative estimate of drug-likeness (QED) is 0.331. The molecule has 0 saturated heterocycles. The number of ketones is 2. The number of phenols is 3. The van der Waals surface area contributed by atoms with Crippen LogP contribution in [0.4, 0.5) is 0 Å². The number of allylic oxidation sites excluding steroid dienone is 1. The summed E-state index contributed by atoms with van der Waals surface area (Å²) in [5, 5.41) is 31.9. The summed E-state index contributed by atoms with van der Waals surface area (Å²) >= 11 is 0. The van der Waals surface area contributed by atoms with E-state index in [1.165, 1.54) is 13.2 Å². The van der Waals surface area contributed by atoms with Crippen LogP contribution >= 0.6 is 0 Å². The van der Waals surface area contributed by atoms with Crippen molar-refractivity contribution in [1.82, 2.24) is 0 Å². The molecular weight excluding hydrogens is 504 g/mol. The number of phenolic OH excluding ortho intramolecular Hbond substituents is 3. The first-order valence-electron chi connectivity index (χ1n) is 11.3. The van der Waals surface area contributed by atoms with Crippen LogP contribution in [0.3, 0.4) is 0 Å². The maximum Gasteiger partial charge on any atom is 0.374 e. The zero-order chi connectivity index (χ0) is 27.1. The number of carbonyl (C=O) groups excluding carboxylic acids is 3. The van der Waals surface area contributed by atoms with Gasteiger partial charge in [0.2, 0.25) is 11.5 Å². The van der Waals surface area contributed by atoms with Crippen molar-refractivity contribution < 1.29 is 53.1 Å². The van der Waals surface area contributed by atoms with Gasteiger partial charge in [-0.2, -0.15) is 0 Å². The molecule has 38 heavy (non-hydrogen) atoms. The zero-order valence-corrected chi connectivity index (χ0v) is 19.9. The van der Waals surface area contributed by atoms with Gasteiger partial charge in [-0.15, -0.1) is 0 Å². The average Bonchev–Trinajstić information content (AvgIpc) is 3.27. The lowest BCUT2D eigenvalue weighted by molar-refractivity contribution is -0.148. The monoisotopic (exact) mass is 522 g/mol. The highest BCUT2D eigenvalue weighted by Crippen LogP contribution is 2.52. The number of hydrogen-bond acceptors (Lipinski definition) is 12. The SMILES string of the molecule is COC(=O)c1cc2cc3c(c(O)c2c(=O)o1)O[C@]1(CC3)CC2=C(O1)C(=O)c1c(O)c(OC)cc(O)c1C2=O. The Morgan fingerprint density at radius 1 is 0.974 bits per heavy atom. The van der Waals surface area contributed by atoms with Gasteiger partial charge < -0.3 is 38.7 Å². The minimum atomic E-state index is -1.59. The van der Waals surface area contributed by atoms with E-state index in [4.69, 9.17) is 18.6 Å². The summed E-state index contributed by atoms with van der Waals surface area (Å²) in [5.41, 5.74) is -1.41. The van der Waals surface area contributed by atoms with Crippen molar-refractivity contribution in [2.24, 2.45) is 0 Å². The smallest absolute Gasteiger partial charge is 0.374 e. The van der Waals surface area contributed by atoms with E-state index in [1.54, 1.807) is 6.07 Å². The van der Waals surface area contributed by atoms with Gasteiger partial charge in [-0.3, -0.25) is 9.59 Å². The van der Waals surface area contributed by atoms with Gasteiger partial charge in [-0.05, 0) is 29.5 Å². The standard InChI is InChI=1S/C26H18O12/c1-34-13-7-12(27)16-17(19(13)29)21(31)23-11(18(16)28)8-26(38-23)4-3-9-5-10-6-14(24(32)35-2)36-25(33)15(10)20(30)22(9)37-26/h5-7,27,29-30H,3-4,8H2,1-2H3/t26-/m0/s1. The third-order valence-corrected chi connectivity index (χ3v) is 6.91. The van der Waals surface area contributed by atoms with Crippen LogP contribution in [0.15, 0.2) is 38.7 Å². The first-order chi connectivity index (χ1) is 18.1. The fourth-order valence-corrected chi connectivity index (χ4v) is 5.14. The number of methoxy groups -OCH3 is 2. The van der Waals surface area contributed by atoms with Crippen molar-refractivity contribution in [3.8, 4) is 28.7 Å². The van der Waals surface area contributed by atoms with Crippen LogP contribution in [0, 0.1) is 0 Å². The Balaban J connectivity index is 1.40. The highest BCUT2D eigenvalue weighted by Gasteiger charge is 2.53. The predicted octanol–water partition coefficient (Wildman–Crippen LogP) is 2.48. The molecule has 1 aromatic heterocycles. The fourth-order valence-electron chi connectivity index (χ4n) is 5.14. The highest BCUT2D eigenvalue weighted by molar-refractivity contribution is 6.28. The van der Waals surface area contributed by atoms with Crippen LogP contribution in [0.1, 0.15) is 49.7 Å². The minimum absolute atomic E-state index is 0.0617. The summed E-state index contributed by atoms with van der Waals surface area (Å²) < 4.78 is 26.5. The van der Waals surface area contributed by atoms with Crippen LogP contribution in [0.5, 0.6) is 28.7 Å². The number of rotatable bonds is 2. The lowest BCUT2D eigenvalue weighted by atomic mass is 9.84. The summed E-state index contributed by atoms with van der Waals surface area (Å²) in [4.78, 5) is 51.0. The van der Waals surface area contributed by atoms with Crippen molar-refractivity contribution in [1.29, 1.82) is 0 Å². The molecule has 2 aromatic carbocycles. The molecule has 0 fully saturated rings. The summed E-state index contributed by atoms with van der Waals surface area (Å²) in [7, 11) is 2.36. The Bertz CT molecular complexity index is 1730. The third-order valence-electron chi connectivity index (χ3n) is 6.91. The second-order valence-electron chi connectivity index (χ2n) is 9.02. The lowest BCUT2D eigenvalue weighted by Gasteiger charge is -2.35. The van der Waals surface area contributed by atoms with Gasteiger partial charge in [0.25, 0.3) is 5.79 Å². The van der Waals surface area contributed by atoms with Crippen LogP contribution in [-0.4, -0.2) is 52.9 Å². The first kappa shape index (κ1) is 23.4. The summed E-state index contributed by atoms with van der Waals surface area (Å²) in [6.45, 7) is 0. The molecule has 0 radical (unpaired) electrons. The van der Waals surface area contributed by atoms with E-state index < -0.39 is 51.8 Å². The molecule has 12 heteroatoms. The second kappa shape index (κ2) is 7.75. The average molecular weight is 522 g/mol. The number of carbonyl (C=O) groups is 3. The normalized spacial score (nSPS) is 19.5. The maximum absolute atomic E-state index is 13.3. The van der Waals surface area contributed by atoms with Gasteiger partial charge in [0.15, 0.2) is 34.5 Å². The Labute approximate surface area is 212 Å². The molecule has 1 spiro atoms. The van der Waals surface area contributed by atoms with E-state index in [0.29, 0.717) is 5.56 Å². The zero-order valence-electron chi connectivity index (χ0n) is 19.9. The molecule has 0 amide bonds. The van der Waals surface area contributed by atoms with E-state index >= 15 is 0 Å². The summed E-state index contributed by atoms with van der Waals surface area (Å²) in [6.07, 6.45) is 0.180. The fraction of sp³-hybridized carbons (Fsp3) is 0.231. The Kier molecular flexibility index (Phi) is 4.77. The lowest BCUT2D eigenvalue weighted by Crippen LogP contribution is -2.40. The molecule has 1 atom stereocenters. The highest BCUT2D eigenvalue weighted by atomic mass is 16.7. The van der Waals surface area contributed by atoms with E-state index in [0.717, 1.165) is 13.2 Å². The molecule has 6 rings (SSSR count). The van der Waals surface area contributed by atoms with Crippen molar-refractivity contribution in [3.63, 3.8) is 0 Å². The third kappa shape index (κ3) is 3.03. The number of aromatic hydroxyl groups is 3. The van der Waals surface area contributed by atoms with Crippen LogP contribution < -0.4 is 15.1 Å². The van der Waals surface area contributed by atoms with Gasteiger partial charge in [-0.1, -0.05) is 0 Å². The largest absolute Gasteiger partial charge is 0.507 e. The van der Waals surface area contributed by atoms with E-state index in [2.05, 4.69) is 4.74 Å². The van der Waals surface area contributed by atoms with Crippen LogP contribution in [0.2, 0.25) is 0 Å². The van der Waals surface area contributed by atoms with Crippen molar-refractivity contribution >= 4 is 28.3 Å². The molecule has 12 nitrogen and oxygen atoms in total. The molecule has 194 valence electrons. The van der Waals surface area contributed by atoms with Gasteiger partial charge in [0.1, 0.15) is 11.1 Å². The van der Waals surface area contributed by atoms with Crippen molar-refractivity contribution in [2.45, 2.75) is 25.0 Å². The van der Waals surface area contributed by atoms with Gasteiger partial charge in [0, 0.05) is 12.5 Å². The molecular formula is C26H18O12. The number of Topliss-reactive ketones (excluding diaryl/α,β-unsaturated/α-hetero) is 2. The van der Waals surface area contributed by atoms with E-state index in [1.807, 2.05) is 0 Å². The van der Waals surface area contributed by atoms with E-state index in [9.17, 15) is 34.5 Å². The predicted molar refractivity (Wildman–Crippen MR) is 125 cm³/mol. The number of esters is 1. The number of benzene rings is 2. The summed E-state index contributed by atoms with van der Waals surface area (Å²) in [5.74, 6) is -6.74. The minimum Gasteiger partial charge on any atom is -0.507 e. The van der Waals surface area contributed by atoms with E-state index in [-0.39, 0.29) is 64.2 Å². The first-order valence-corrected chi connectivity index (χ1v) is 11.3. The maximum atomic E-state index is 13.3. The Morgan fingerprint density at radius 3 is 2.45 bits per heavy atom. The molecule has 3 aliphatic rings. The van der Waals surface area contributed by atoms with Gasteiger partial charge in [-0.25, -0.2) is 9.59 Å². The number of aryl methyl sites for hydroxylation is 1. The van der Waals surface area contributed by atoms with Crippen LogP contribution in [-0.2, 0) is 15.9 Å². The number of hydrogen-bond donors (Lipinski definition) is 3. The van der Waals surface area contributed by atoms with Gasteiger partial charge >= 0.3 is 11.6 Å². The second-order valence-corrected chi connectivity index (χ2v) is 9.02. The van der Waals surface area contributed by atoms with Gasteiger partial charge in [0.05, 0.1) is 37.3 Å². The molecule has 3 aromatic rings. The number of fused-ring (bicyclic) bond motifs is 3. The molecule has 1 aliphatic carbocycles. The molecule has 3 N–H and O–H groups in total. The van der Waals surface area contributed by atoms with Crippen molar-refractivity contribution in [3.05, 3.63) is 62.4 Å². The number of ether oxygens (including phenoxy) is 4. The van der Waals surface area contributed by atoms with Crippen molar-refractivity contribution in [2.75, 3.05) is 14.2 Å². The summed E-state index contributed by atoms with van der Waals surface area (Å²) in [6, 6.07) is 3.85. The van der Waals surface area contributed by atoms with Crippen LogP contribution in [0.25, 0.3) is 10.8 Å². The Morgan fingerprint density at radius 2 is 1.74 bits per heavy atom. The molecule has 0 unspecified atom stereocenters. The Hall–Kier alpha value is -5.00. The molecule has 3 heterocycles. The topological polar surface area (TPSA) is 179 Å². The molecule has 0 bridgehead atoms.